The number of aliphatic hydroxyl groups excluding tert-OH is 1. The average Bonchev–Trinajstić information content (AvgIpc) is 2.53. The van der Waals surface area contributed by atoms with Gasteiger partial charge in [-0.1, -0.05) is 70.9 Å². The highest BCUT2D eigenvalue weighted by atomic mass is 16.5. The molecule has 0 fully saturated rings. The largest absolute Gasteiger partial charge is 0.494 e. The molecule has 120 valence electrons. The number of unbranched alkanes of at least 4 members (excludes halogenated alkanes) is 7. The summed E-state index contributed by atoms with van der Waals surface area (Å²) in [4.78, 5) is 0. The van der Waals surface area contributed by atoms with Crippen LogP contribution in [0.2, 0.25) is 0 Å². The zero-order valence-corrected chi connectivity index (χ0v) is 13.8. The first kappa shape index (κ1) is 18.0. The van der Waals surface area contributed by atoms with Crippen LogP contribution in [0.15, 0.2) is 24.3 Å². The predicted molar refractivity (Wildman–Crippen MR) is 89.8 cm³/mol. The fourth-order valence-corrected chi connectivity index (χ4v) is 2.45. The van der Waals surface area contributed by atoms with E-state index in [1.54, 1.807) is 0 Å². The van der Waals surface area contributed by atoms with Crippen LogP contribution < -0.4 is 4.74 Å². The molecule has 1 aromatic rings. The summed E-state index contributed by atoms with van der Waals surface area (Å²) in [5.41, 5.74) is 0.969. The van der Waals surface area contributed by atoms with Gasteiger partial charge in [-0.15, -0.1) is 0 Å². The maximum Gasteiger partial charge on any atom is 0.119 e. The third-order valence-corrected chi connectivity index (χ3v) is 3.92. The molecule has 0 aliphatic heterocycles. The van der Waals surface area contributed by atoms with Crippen LogP contribution in [-0.2, 0) is 0 Å². The van der Waals surface area contributed by atoms with Crippen LogP contribution in [0, 0.1) is 0 Å². The summed E-state index contributed by atoms with van der Waals surface area (Å²) in [5.74, 6) is 0.907. The van der Waals surface area contributed by atoms with Gasteiger partial charge in [0, 0.05) is 0 Å². The van der Waals surface area contributed by atoms with Gasteiger partial charge in [0.1, 0.15) is 5.75 Å². The second-order valence-electron chi connectivity index (χ2n) is 5.82. The Bertz CT molecular complexity index is 345. The number of aliphatic hydroxyl groups is 1. The summed E-state index contributed by atoms with van der Waals surface area (Å²) in [5, 5.41) is 9.73. The van der Waals surface area contributed by atoms with Crippen LogP contribution in [0.25, 0.3) is 0 Å². The summed E-state index contributed by atoms with van der Waals surface area (Å²) in [6, 6.07) is 7.83. The first-order valence-corrected chi connectivity index (χ1v) is 8.68. The van der Waals surface area contributed by atoms with E-state index in [-0.39, 0.29) is 6.10 Å². The fourth-order valence-electron chi connectivity index (χ4n) is 2.45. The van der Waals surface area contributed by atoms with Gasteiger partial charge >= 0.3 is 0 Å². The molecule has 2 heteroatoms. The molecule has 0 spiro atoms. The monoisotopic (exact) mass is 292 g/mol. The fraction of sp³-hybridized carbons (Fsp3) is 0.684. The highest BCUT2D eigenvalue weighted by molar-refractivity contribution is 5.28. The number of benzene rings is 1. The van der Waals surface area contributed by atoms with E-state index >= 15 is 0 Å². The number of ether oxygens (including phenoxy) is 1. The Morgan fingerprint density at radius 2 is 1.43 bits per heavy atom. The lowest BCUT2D eigenvalue weighted by Crippen LogP contribution is -1.99. The minimum absolute atomic E-state index is 0.355. The Balaban J connectivity index is 2.05. The molecule has 1 N–H and O–H groups in total. The lowest BCUT2D eigenvalue weighted by molar-refractivity contribution is 0.173. The second-order valence-corrected chi connectivity index (χ2v) is 5.82. The summed E-state index contributed by atoms with van der Waals surface area (Å²) in [6.07, 6.45) is 11.0. The van der Waals surface area contributed by atoms with Crippen LogP contribution in [-0.4, -0.2) is 11.7 Å². The second kappa shape index (κ2) is 11.6. The van der Waals surface area contributed by atoms with Gasteiger partial charge in [0.25, 0.3) is 0 Å². The molecule has 0 saturated carbocycles. The van der Waals surface area contributed by atoms with Crippen molar-refractivity contribution < 1.29 is 9.84 Å². The van der Waals surface area contributed by atoms with E-state index in [4.69, 9.17) is 4.74 Å². The minimum Gasteiger partial charge on any atom is -0.494 e. The molecule has 1 rings (SSSR count). The Hall–Kier alpha value is -1.02. The van der Waals surface area contributed by atoms with E-state index in [1.807, 2.05) is 31.2 Å². The van der Waals surface area contributed by atoms with Gasteiger partial charge in [-0.3, -0.25) is 0 Å². The van der Waals surface area contributed by atoms with Gasteiger partial charge in [-0.05, 0) is 30.5 Å². The van der Waals surface area contributed by atoms with E-state index in [1.165, 1.54) is 44.9 Å². The zero-order valence-electron chi connectivity index (χ0n) is 13.8. The Morgan fingerprint density at radius 3 is 2.00 bits per heavy atom. The van der Waals surface area contributed by atoms with Gasteiger partial charge < -0.3 is 9.84 Å². The standard InChI is InChI=1S/C19H32O2/c1-3-5-6-7-8-9-10-11-16-21-18-14-12-17(13-15-18)19(20)4-2/h12-15,19-20H,3-11,16H2,1-2H3. The van der Waals surface area contributed by atoms with E-state index < -0.39 is 0 Å². The Labute approximate surface area is 130 Å². The third-order valence-electron chi connectivity index (χ3n) is 3.92. The average molecular weight is 292 g/mol. The summed E-state index contributed by atoms with van der Waals surface area (Å²) < 4.78 is 5.74. The molecule has 1 atom stereocenters. The van der Waals surface area contributed by atoms with E-state index in [0.29, 0.717) is 0 Å². The Morgan fingerprint density at radius 1 is 0.857 bits per heavy atom. The molecule has 1 aromatic carbocycles. The first-order valence-electron chi connectivity index (χ1n) is 8.68. The van der Waals surface area contributed by atoms with Crippen LogP contribution in [0.4, 0.5) is 0 Å². The number of hydrogen-bond donors (Lipinski definition) is 1. The molecule has 0 aromatic heterocycles. The van der Waals surface area contributed by atoms with Crippen LogP contribution in [0.1, 0.15) is 83.3 Å². The van der Waals surface area contributed by atoms with Crippen molar-refractivity contribution >= 4 is 0 Å². The molecule has 0 aliphatic carbocycles. The highest BCUT2D eigenvalue weighted by Gasteiger charge is 2.04. The summed E-state index contributed by atoms with van der Waals surface area (Å²) >= 11 is 0. The van der Waals surface area contributed by atoms with Gasteiger partial charge in [0.15, 0.2) is 0 Å². The maximum atomic E-state index is 9.73. The van der Waals surface area contributed by atoms with Crippen molar-refractivity contribution in [2.75, 3.05) is 6.61 Å². The predicted octanol–water partition coefficient (Wildman–Crippen LogP) is 5.65. The van der Waals surface area contributed by atoms with Gasteiger partial charge in [0.2, 0.25) is 0 Å². The Kier molecular flexibility index (Phi) is 9.98. The molecule has 0 radical (unpaired) electrons. The smallest absolute Gasteiger partial charge is 0.119 e. The normalized spacial score (nSPS) is 12.3. The molecule has 21 heavy (non-hydrogen) atoms. The van der Waals surface area contributed by atoms with E-state index in [0.717, 1.165) is 30.8 Å². The molecular weight excluding hydrogens is 260 g/mol. The lowest BCUT2D eigenvalue weighted by Gasteiger charge is -2.10. The molecule has 0 heterocycles. The van der Waals surface area contributed by atoms with Crippen LogP contribution >= 0.6 is 0 Å². The zero-order chi connectivity index (χ0) is 15.3. The molecule has 0 bridgehead atoms. The van der Waals surface area contributed by atoms with Gasteiger partial charge in [-0.25, -0.2) is 0 Å². The minimum atomic E-state index is -0.355. The van der Waals surface area contributed by atoms with Crippen molar-refractivity contribution in [2.24, 2.45) is 0 Å². The molecule has 0 aliphatic rings. The van der Waals surface area contributed by atoms with Crippen molar-refractivity contribution in [3.63, 3.8) is 0 Å². The van der Waals surface area contributed by atoms with Crippen molar-refractivity contribution in [3.8, 4) is 5.75 Å². The van der Waals surface area contributed by atoms with Gasteiger partial charge in [0.05, 0.1) is 12.7 Å². The highest BCUT2D eigenvalue weighted by Crippen LogP contribution is 2.20. The number of hydrogen-bond acceptors (Lipinski definition) is 2. The molecule has 1 unspecified atom stereocenters. The SMILES string of the molecule is CCCCCCCCCCOc1ccc(C(O)CC)cc1. The molecular formula is C19H32O2. The van der Waals surface area contributed by atoms with E-state index in [2.05, 4.69) is 6.92 Å². The van der Waals surface area contributed by atoms with Crippen molar-refractivity contribution in [1.82, 2.24) is 0 Å². The maximum absolute atomic E-state index is 9.73. The molecule has 0 saturated heterocycles. The quantitative estimate of drug-likeness (QED) is 0.504. The summed E-state index contributed by atoms with van der Waals surface area (Å²) in [6.45, 7) is 5.04. The van der Waals surface area contributed by atoms with Crippen LogP contribution in [0.5, 0.6) is 5.75 Å². The van der Waals surface area contributed by atoms with Crippen molar-refractivity contribution in [2.45, 2.75) is 77.7 Å². The van der Waals surface area contributed by atoms with E-state index in [9.17, 15) is 5.11 Å². The van der Waals surface area contributed by atoms with Crippen LogP contribution in [0.3, 0.4) is 0 Å². The van der Waals surface area contributed by atoms with Crippen molar-refractivity contribution in [1.29, 1.82) is 0 Å². The third kappa shape index (κ3) is 8.11. The van der Waals surface area contributed by atoms with Crippen molar-refractivity contribution in [3.05, 3.63) is 29.8 Å². The molecule has 2 nitrogen and oxygen atoms in total. The summed E-state index contributed by atoms with van der Waals surface area (Å²) in [7, 11) is 0. The molecule has 0 amide bonds. The topological polar surface area (TPSA) is 29.5 Å². The first-order chi connectivity index (χ1) is 10.3. The lowest BCUT2D eigenvalue weighted by atomic mass is 10.1. The number of rotatable bonds is 12. The van der Waals surface area contributed by atoms with Gasteiger partial charge in [-0.2, -0.15) is 0 Å².